The number of hydrogen-bond acceptors (Lipinski definition) is 5. The standard InChI is InChI=1S/C34H26N4O2/c1-23-9-15-32-30(18-23)29(25-6-3-2-4-7-25)20-33(37-32)26-11-13-28(14-12-26)40-22-34(39)38-36-21-24-10-16-31-27(19-24)8-5-17-35-31/h2-21H,22H2,1H3,(H,38,39)/b36-21-. The van der Waals surface area contributed by atoms with Gasteiger partial charge in [-0.25, -0.2) is 10.4 Å². The number of nitrogens with one attached hydrogen (secondary N) is 1. The Balaban J connectivity index is 1.12. The normalized spacial score (nSPS) is 11.2. The summed E-state index contributed by atoms with van der Waals surface area (Å²) in [5, 5.41) is 6.18. The largest absolute Gasteiger partial charge is 0.484 e. The number of nitrogens with zero attached hydrogens (tertiary/aromatic N) is 3. The average molecular weight is 523 g/mol. The number of carbonyl (C=O) groups excluding carboxylic acids is 1. The van der Waals surface area contributed by atoms with Crippen LogP contribution in [-0.4, -0.2) is 28.7 Å². The van der Waals surface area contributed by atoms with E-state index >= 15 is 0 Å². The fourth-order valence-electron chi connectivity index (χ4n) is 4.60. The minimum atomic E-state index is -0.346. The molecule has 0 saturated heterocycles. The maximum absolute atomic E-state index is 12.3. The van der Waals surface area contributed by atoms with Gasteiger partial charge in [0.2, 0.25) is 0 Å². The van der Waals surface area contributed by atoms with Crippen molar-refractivity contribution >= 4 is 33.9 Å². The summed E-state index contributed by atoms with van der Waals surface area (Å²) in [7, 11) is 0. The van der Waals surface area contributed by atoms with Crippen LogP contribution in [0.15, 0.2) is 120 Å². The van der Waals surface area contributed by atoms with Crippen molar-refractivity contribution in [3.63, 3.8) is 0 Å². The lowest BCUT2D eigenvalue weighted by Crippen LogP contribution is -2.24. The molecular formula is C34H26N4O2. The van der Waals surface area contributed by atoms with Crippen molar-refractivity contribution in [2.45, 2.75) is 6.92 Å². The van der Waals surface area contributed by atoms with Gasteiger partial charge in [0.1, 0.15) is 5.75 Å². The Kier molecular flexibility index (Phi) is 6.97. The van der Waals surface area contributed by atoms with Gasteiger partial charge in [0.05, 0.1) is 22.9 Å². The van der Waals surface area contributed by atoms with E-state index in [1.807, 2.05) is 72.8 Å². The Morgan fingerprint density at radius 1 is 0.850 bits per heavy atom. The molecule has 6 rings (SSSR count). The number of benzene rings is 4. The Morgan fingerprint density at radius 3 is 2.52 bits per heavy atom. The molecule has 0 atom stereocenters. The number of carbonyl (C=O) groups is 1. The summed E-state index contributed by atoms with van der Waals surface area (Å²) in [4.78, 5) is 21.5. The Bertz CT molecular complexity index is 1850. The van der Waals surface area contributed by atoms with Crippen molar-refractivity contribution < 1.29 is 9.53 Å². The number of aromatic nitrogens is 2. The predicted octanol–water partition coefficient (Wildman–Crippen LogP) is 6.95. The van der Waals surface area contributed by atoms with Crippen LogP contribution in [0.1, 0.15) is 11.1 Å². The molecule has 0 bridgehead atoms. The predicted molar refractivity (Wildman–Crippen MR) is 160 cm³/mol. The molecule has 6 aromatic rings. The van der Waals surface area contributed by atoms with Gasteiger partial charge in [0.25, 0.3) is 5.91 Å². The molecule has 2 aromatic heterocycles. The van der Waals surface area contributed by atoms with Gasteiger partial charge in [-0.3, -0.25) is 9.78 Å². The lowest BCUT2D eigenvalue weighted by atomic mass is 9.97. The van der Waals surface area contributed by atoms with Crippen molar-refractivity contribution in [1.29, 1.82) is 0 Å². The monoisotopic (exact) mass is 522 g/mol. The first-order valence-corrected chi connectivity index (χ1v) is 13.0. The molecule has 0 spiro atoms. The molecule has 0 aliphatic heterocycles. The van der Waals surface area contributed by atoms with Crippen LogP contribution >= 0.6 is 0 Å². The second-order valence-corrected chi connectivity index (χ2v) is 9.50. The number of pyridine rings is 2. The first-order valence-electron chi connectivity index (χ1n) is 13.0. The molecule has 6 nitrogen and oxygen atoms in total. The van der Waals surface area contributed by atoms with Crippen molar-refractivity contribution in [2.75, 3.05) is 6.61 Å². The summed E-state index contributed by atoms with van der Waals surface area (Å²) < 4.78 is 5.68. The highest BCUT2D eigenvalue weighted by molar-refractivity contribution is 5.97. The summed E-state index contributed by atoms with van der Waals surface area (Å²) in [5.74, 6) is 0.242. The van der Waals surface area contributed by atoms with E-state index in [1.165, 1.54) is 5.56 Å². The van der Waals surface area contributed by atoms with Gasteiger partial charge in [0.15, 0.2) is 6.61 Å². The van der Waals surface area contributed by atoms with E-state index in [0.29, 0.717) is 5.75 Å². The van der Waals surface area contributed by atoms with E-state index < -0.39 is 0 Å². The first kappa shape index (κ1) is 24.9. The average Bonchev–Trinajstić information content (AvgIpc) is 3.00. The summed E-state index contributed by atoms with van der Waals surface area (Å²) in [5.41, 5.74) is 10.5. The van der Waals surface area contributed by atoms with Crippen molar-refractivity contribution in [2.24, 2.45) is 5.10 Å². The number of ether oxygens (including phenoxy) is 1. The van der Waals surface area contributed by atoms with Crippen molar-refractivity contribution in [3.05, 3.63) is 127 Å². The molecule has 0 radical (unpaired) electrons. The smallest absolute Gasteiger partial charge is 0.277 e. The summed E-state index contributed by atoms with van der Waals surface area (Å²) in [6.45, 7) is 1.94. The van der Waals surface area contributed by atoms with Crippen LogP contribution in [-0.2, 0) is 4.79 Å². The van der Waals surface area contributed by atoms with Crippen LogP contribution in [0.2, 0.25) is 0 Å². The number of hydrogen-bond donors (Lipinski definition) is 1. The molecular weight excluding hydrogens is 496 g/mol. The Morgan fingerprint density at radius 2 is 1.68 bits per heavy atom. The number of amides is 1. The van der Waals surface area contributed by atoms with Gasteiger partial charge in [-0.05, 0) is 84.3 Å². The van der Waals surface area contributed by atoms with Gasteiger partial charge < -0.3 is 4.74 Å². The van der Waals surface area contributed by atoms with E-state index in [9.17, 15) is 4.79 Å². The molecule has 0 saturated carbocycles. The maximum Gasteiger partial charge on any atom is 0.277 e. The minimum absolute atomic E-state index is 0.149. The van der Waals surface area contributed by atoms with E-state index in [2.05, 4.69) is 58.8 Å². The van der Waals surface area contributed by atoms with Crippen molar-refractivity contribution in [1.82, 2.24) is 15.4 Å². The molecule has 1 N–H and O–H groups in total. The van der Waals surface area contributed by atoms with Crippen LogP contribution in [0, 0.1) is 6.92 Å². The molecule has 6 heteroatoms. The second kappa shape index (κ2) is 11.2. The number of rotatable bonds is 7. The quantitative estimate of drug-likeness (QED) is 0.182. The molecule has 0 aliphatic carbocycles. The summed E-state index contributed by atoms with van der Waals surface area (Å²) in [6, 6.07) is 36.1. The minimum Gasteiger partial charge on any atom is -0.484 e. The zero-order valence-corrected chi connectivity index (χ0v) is 21.9. The summed E-state index contributed by atoms with van der Waals surface area (Å²) in [6.07, 6.45) is 3.35. The van der Waals surface area contributed by atoms with Crippen LogP contribution in [0.4, 0.5) is 0 Å². The van der Waals surface area contributed by atoms with E-state index in [-0.39, 0.29) is 12.5 Å². The SMILES string of the molecule is Cc1ccc2nc(-c3ccc(OCC(=O)N/N=C\c4ccc5ncccc5c4)cc3)cc(-c3ccccc3)c2c1. The Hall–Kier alpha value is -5.36. The van der Waals surface area contributed by atoms with E-state index in [1.54, 1.807) is 12.4 Å². The lowest BCUT2D eigenvalue weighted by Gasteiger charge is -2.12. The third-order valence-electron chi connectivity index (χ3n) is 6.60. The molecule has 1 amide bonds. The number of hydrazone groups is 1. The van der Waals surface area contributed by atoms with Gasteiger partial charge in [-0.15, -0.1) is 0 Å². The molecule has 0 unspecified atom stereocenters. The fourth-order valence-corrected chi connectivity index (χ4v) is 4.60. The fraction of sp³-hybridized carbons (Fsp3) is 0.0588. The maximum atomic E-state index is 12.3. The zero-order chi connectivity index (χ0) is 27.3. The molecule has 40 heavy (non-hydrogen) atoms. The van der Waals surface area contributed by atoms with Gasteiger partial charge in [-0.1, -0.05) is 54.1 Å². The molecule has 2 heterocycles. The number of fused-ring (bicyclic) bond motifs is 2. The van der Waals surface area contributed by atoms with Crippen LogP contribution in [0.3, 0.4) is 0 Å². The van der Waals surface area contributed by atoms with E-state index in [4.69, 9.17) is 9.72 Å². The summed E-state index contributed by atoms with van der Waals surface area (Å²) >= 11 is 0. The second-order valence-electron chi connectivity index (χ2n) is 9.50. The van der Waals surface area contributed by atoms with E-state index in [0.717, 1.165) is 49.8 Å². The first-order chi connectivity index (χ1) is 19.6. The highest BCUT2D eigenvalue weighted by Gasteiger charge is 2.10. The number of aryl methyl sites for hydroxylation is 1. The zero-order valence-electron chi connectivity index (χ0n) is 21.9. The molecule has 4 aromatic carbocycles. The molecule has 194 valence electrons. The third-order valence-corrected chi connectivity index (χ3v) is 6.60. The van der Waals surface area contributed by atoms with Gasteiger partial charge in [-0.2, -0.15) is 5.10 Å². The molecule has 0 fully saturated rings. The third kappa shape index (κ3) is 5.56. The molecule has 0 aliphatic rings. The Labute approximate surface area is 232 Å². The van der Waals surface area contributed by atoms with Gasteiger partial charge in [0, 0.05) is 22.5 Å². The van der Waals surface area contributed by atoms with Crippen molar-refractivity contribution in [3.8, 4) is 28.1 Å². The highest BCUT2D eigenvalue weighted by Crippen LogP contribution is 2.33. The van der Waals surface area contributed by atoms with Gasteiger partial charge >= 0.3 is 0 Å². The van der Waals surface area contributed by atoms with Crippen LogP contribution < -0.4 is 10.2 Å². The van der Waals surface area contributed by atoms with Crippen LogP contribution in [0.5, 0.6) is 5.75 Å². The lowest BCUT2D eigenvalue weighted by molar-refractivity contribution is -0.123. The highest BCUT2D eigenvalue weighted by atomic mass is 16.5. The topological polar surface area (TPSA) is 76.5 Å². The van der Waals surface area contributed by atoms with Crippen LogP contribution in [0.25, 0.3) is 44.2 Å².